The minimum absolute atomic E-state index is 0.0678. The minimum atomic E-state index is -4.11. The normalized spacial score (nSPS) is 12.3. The van der Waals surface area contributed by atoms with E-state index in [1.54, 1.807) is 0 Å². The van der Waals surface area contributed by atoms with E-state index in [4.69, 9.17) is 16.3 Å². The lowest BCUT2D eigenvalue weighted by molar-refractivity contribution is -0.384. The first-order valence-electron chi connectivity index (χ1n) is 7.55. The van der Waals surface area contributed by atoms with Crippen molar-refractivity contribution < 1.29 is 22.9 Å². The maximum absolute atomic E-state index is 12.6. The van der Waals surface area contributed by atoms with Crippen molar-refractivity contribution in [2.24, 2.45) is 0 Å². The van der Waals surface area contributed by atoms with Crippen LogP contribution in [0.4, 0.5) is 11.4 Å². The van der Waals surface area contributed by atoms with Gasteiger partial charge in [0.15, 0.2) is 0 Å². The summed E-state index contributed by atoms with van der Waals surface area (Å²) in [6.45, 7) is 1.33. The van der Waals surface area contributed by atoms with Crippen LogP contribution in [0.2, 0.25) is 5.02 Å². The van der Waals surface area contributed by atoms with E-state index < -0.39 is 26.9 Å². The van der Waals surface area contributed by atoms with Gasteiger partial charge in [0.1, 0.15) is 10.6 Å². The molecule has 2 N–H and O–H groups in total. The number of nitro groups is 1. The van der Waals surface area contributed by atoms with Crippen LogP contribution in [0, 0.1) is 10.1 Å². The van der Waals surface area contributed by atoms with Crippen LogP contribution < -0.4 is 14.8 Å². The average molecular weight is 414 g/mol. The number of non-ortho nitro benzene ring substituents is 1. The van der Waals surface area contributed by atoms with Crippen LogP contribution in [0.3, 0.4) is 0 Å². The molecule has 0 spiro atoms. The molecule has 0 heterocycles. The molecule has 27 heavy (non-hydrogen) atoms. The number of nitrogens with one attached hydrogen (secondary N) is 2. The van der Waals surface area contributed by atoms with Gasteiger partial charge in [-0.05, 0) is 31.2 Å². The second-order valence-corrected chi connectivity index (χ2v) is 7.55. The van der Waals surface area contributed by atoms with Gasteiger partial charge >= 0.3 is 0 Å². The van der Waals surface area contributed by atoms with Crippen molar-refractivity contribution in [3.05, 3.63) is 57.6 Å². The van der Waals surface area contributed by atoms with E-state index in [1.807, 2.05) is 0 Å². The lowest BCUT2D eigenvalue weighted by Crippen LogP contribution is -2.41. The zero-order valence-corrected chi connectivity index (χ0v) is 15.9. The molecule has 1 amide bonds. The number of rotatable bonds is 7. The number of nitro benzene ring substituents is 1. The van der Waals surface area contributed by atoms with Gasteiger partial charge in [-0.1, -0.05) is 17.7 Å². The van der Waals surface area contributed by atoms with Crippen LogP contribution >= 0.6 is 11.6 Å². The monoisotopic (exact) mass is 413 g/mol. The first kappa shape index (κ1) is 20.6. The van der Waals surface area contributed by atoms with Crippen molar-refractivity contribution >= 4 is 38.9 Å². The SMILES string of the molecule is COc1ccc(Cl)cc1S(=O)(=O)N[C@@H](C)C(=O)Nc1cccc([N+](=O)[O-])c1. The molecular weight excluding hydrogens is 398 g/mol. The number of anilines is 1. The average Bonchev–Trinajstić information content (AvgIpc) is 2.61. The first-order chi connectivity index (χ1) is 12.6. The zero-order valence-electron chi connectivity index (χ0n) is 14.3. The molecule has 0 fully saturated rings. The predicted molar refractivity (Wildman–Crippen MR) is 99.5 cm³/mol. The van der Waals surface area contributed by atoms with Crippen LogP contribution in [0.5, 0.6) is 5.75 Å². The Bertz CT molecular complexity index is 980. The lowest BCUT2D eigenvalue weighted by Gasteiger charge is -2.16. The van der Waals surface area contributed by atoms with E-state index in [0.29, 0.717) is 0 Å². The predicted octanol–water partition coefficient (Wildman–Crippen LogP) is 2.56. The van der Waals surface area contributed by atoms with Gasteiger partial charge in [0.2, 0.25) is 15.9 Å². The fraction of sp³-hybridized carbons (Fsp3) is 0.188. The van der Waals surface area contributed by atoms with Crippen LogP contribution in [0.25, 0.3) is 0 Å². The van der Waals surface area contributed by atoms with E-state index >= 15 is 0 Å². The second-order valence-electron chi connectivity index (χ2n) is 5.43. The van der Waals surface area contributed by atoms with Crippen LogP contribution in [0.15, 0.2) is 47.4 Å². The molecule has 2 rings (SSSR count). The highest BCUT2D eigenvalue weighted by Crippen LogP contribution is 2.27. The number of methoxy groups -OCH3 is 1. The van der Waals surface area contributed by atoms with Gasteiger partial charge in [-0.2, -0.15) is 4.72 Å². The van der Waals surface area contributed by atoms with Crippen molar-refractivity contribution in [1.29, 1.82) is 0 Å². The third-order valence-electron chi connectivity index (χ3n) is 3.46. The summed E-state index contributed by atoms with van der Waals surface area (Å²) in [5.74, 6) is -0.627. The topological polar surface area (TPSA) is 128 Å². The highest BCUT2D eigenvalue weighted by Gasteiger charge is 2.25. The van der Waals surface area contributed by atoms with E-state index in [-0.39, 0.29) is 27.0 Å². The number of carbonyl (C=O) groups excluding carboxylic acids is 1. The third-order valence-corrected chi connectivity index (χ3v) is 5.26. The van der Waals surface area contributed by atoms with Crippen molar-refractivity contribution in [2.75, 3.05) is 12.4 Å². The molecule has 0 bridgehead atoms. The van der Waals surface area contributed by atoms with Crippen LogP contribution in [-0.2, 0) is 14.8 Å². The molecule has 0 aliphatic heterocycles. The Labute approximate surface area is 160 Å². The molecule has 0 saturated heterocycles. The molecule has 2 aromatic carbocycles. The maximum Gasteiger partial charge on any atom is 0.271 e. The number of hydrogen-bond acceptors (Lipinski definition) is 6. The van der Waals surface area contributed by atoms with Crippen molar-refractivity contribution in [2.45, 2.75) is 17.9 Å². The summed E-state index contributed by atoms with van der Waals surface area (Å²) < 4.78 is 32.3. The van der Waals surface area contributed by atoms with Crippen molar-refractivity contribution in [3.8, 4) is 5.75 Å². The van der Waals surface area contributed by atoms with Gasteiger partial charge < -0.3 is 10.1 Å². The number of nitrogens with zero attached hydrogens (tertiary/aromatic N) is 1. The molecule has 144 valence electrons. The summed E-state index contributed by atoms with van der Waals surface area (Å²) in [5.41, 5.74) is -0.0368. The van der Waals surface area contributed by atoms with E-state index in [0.717, 1.165) is 0 Å². The Kier molecular flexibility index (Phi) is 6.37. The Morgan fingerprint density at radius 3 is 2.59 bits per heavy atom. The molecule has 2 aromatic rings. The minimum Gasteiger partial charge on any atom is -0.495 e. The summed E-state index contributed by atoms with van der Waals surface area (Å²) in [5, 5.41) is 13.4. The van der Waals surface area contributed by atoms with Gasteiger partial charge in [-0.15, -0.1) is 0 Å². The maximum atomic E-state index is 12.6. The number of amides is 1. The van der Waals surface area contributed by atoms with Gasteiger partial charge in [-0.25, -0.2) is 8.42 Å². The fourth-order valence-electron chi connectivity index (χ4n) is 2.16. The van der Waals surface area contributed by atoms with Gasteiger partial charge in [-0.3, -0.25) is 14.9 Å². The Hall–Kier alpha value is -2.69. The van der Waals surface area contributed by atoms with Gasteiger partial charge in [0.05, 0.1) is 18.1 Å². The van der Waals surface area contributed by atoms with E-state index in [9.17, 15) is 23.3 Å². The number of ether oxygens (including phenoxy) is 1. The van der Waals surface area contributed by atoms with E-state index in [1.165, 1.54) is 56.5 Å². The molecule has 0 saturated carbocycles. The quantitative estimate of drug-likeness (QED) is 0.530. The van der Waals surface area contributed by atoms with Crippen LogP contribution in [0.1, 0.15) is 6.92 Å². The van der Waals surface area contributed by atoms with E-state index in [2.05, 4.69) is 10.0 Å². The largest absolute Gasteiger partial charge is 0.495 e. The molecule has 0 radical (unpaired) electrons. The number of halogens is 1. The van der Waals surface area contributed by atoms with Crippen LogP contribution in [-0.4, -0.2) is 32.4 Å². The number of benzene rings is 2. The highest BCUT2D eigenvalue weighted by atomic mass is 35.5. The first-order valence-corrected chi connectivity index (χ1v) is 9.41. The molecule has 11 heteroatoms. The zero-order chi connectivity index (χ0) is 20.2. The lowest BCUT2D eigenvalue weighted by atomic mass is 10.2. The standard InChI is InChI=1S/C16H16ClN3O6S/c1-10(16(21)18-12-4-3-5-13(9-12)20(22)23)19-27(24,25)15-8-11(17)6-7-14(15)26-2/h3-10,19H,1-2H3,(H,18,21)/t10-/m0/s1. The van der Waals surface area contributed by atoms with Gasteiger partial charge in [0, 0.05) is 22.8 Å². The molecule has 9 nitrogen and oxygen atoms in total. The summed E-state index contributed by atoms with van der Waals surface area (Å²) in [6, 6.07) is 8.19. The smallest absolute Gasteiger partial charge is 0.271 e. The molecule has 0 aliphatic rings. The number of carbonyl (C=O) groups is 1. The molecule has 0 aromatic heterocycles. The third kappa shape index (κ3) is 5.16. The second kappa shape index (κ2) is 8.33. The molecule has 1 atom stereocenters. The number of sulfonamides is 1. The summed E-state index contributed by atoms with van der Waals surface area (Å²) >= 11 is 5.84. The Balaban J connectivity index is 2.17. The van der Waals surface area contributed by atoms with Crippen molar-refractivity contribution in [1.82, 2.24) is 4.72 Å². The fourth-order valence-corrected chi connectivity index (χ4v) is 3.79. The summed E-state index contributed by atoms with van der Waals surface area (Å²) in [7, 11) is -2.81. The Morgan fingerprint density at radius 2 is 1.96 bits per heavy atom. The van der Waals surface area contributed by atoms with Crippen molar-refractivity contribution in [3.63, 3.8) is 0 Å². The summed E-state index contributed by atoms with van der Waals surface area (Å²) in [6.07, 6.45) is 0. The van der Waals surface area contributed by atoms with Gasteiger partial charge in [0.25, 0.3) is 5.69 Å². The molecule has 0 aliphatic carbocycles. The summed E-state index contributed by atoms with van der Waals surface area (Å²) in [4.78, 5) is 22.2. The Morgan fingerprint density at radius 1 is 1.26 bits per heavy atom. The highest BCUT2D eigenvalue weighted by molar-refractivity contribution is 7.89. The molecule has 0 unspecified atom stereocenters. The number of hydrogen-bond donors (Lipinski definition) is 2. The molecular formula is C16H16ClN3O6S.